The van der Waals surface area contributed by atoms with Crippen molar-refractivity contribution in [1.29, 1.82) is 0 Å². The Hall–Kier alpha value is -3.68. The molecule has 14 heteroatoms. The van der Waals surface area contributed by atoms with Crippen LogP contribution in [-0.2, 0) is 30.4 Å². The Balaban J connectivity index is 0.000000237. The molecule has 0 radical (unpaired) electrons. The summed E-state index contributed by atoms with van der Waals surface area (Å²) in [6, 6.07) is 18.8. The molecule has 296 valence electrons. The summed E-state index contributed by atoms with van der Waals surface area (Å²) >= 11 is 11.9. The minimum absolute atomic E-state index is 0.0795. The zero-order valence-electron chi connectivity index (χ0n) is 32.1. The van der Waals surface area contributed by atoms with Crippen LogP contribution in [0.25, 0.3) is 0 Å². The number of hydrogen-bond acceptors (Lipinski definition) is 10. The average molecular weight is 795 g/mol. The van der Waals surface area contributed by atoms with Gasteiger partial charge in [0.15, 0.2) is 0 Å². The number of aromatic nitrogens is 1. The van der Waals surface area contributed by atoms with Crippen molar-refractivity contribution < 1.29 is 28.9 Å². The molecule has 2 unspecified atom stereocenters. The van der Waals surface area contributed by atoms with Crippen LogP contribution in [-0.4, -0.2) is 88.8 Å². The minimum atomic E-state index is -0.423. The molecule has 6 rings (SSSR count). The Kier molecular flexibility index (Phi) is 15.8. The Morgan fingerprint density at radius 1 is 0.782 bits per heavy atom. The van der Waals surface area contributed by atoms with Crippen molar-refractivity contribution in [2.75, 3.05) is 45.0 Å². The summed E-state index contributed by atoms with van der Waals surface area (Å²) in [5.41, 5.74) is 8.87. The number of carbonyl (C=O) groups is 3. The standard InChI is InChI=1S/C26H33ClN4O3.C15H21BClNO3/c1-18(32)34-25(20-2-4-23(27)5-3-20)21-9-14-31(15-10-21)26(33)22-7-12-30(13-8-22)17-19-6-11-29-24(28)16-19;1-11(19)21-15(12-3-5-14(17)6-4-12)13-7-9-18(10-8-13)16(2)20/h2-6,11,16,21-22,25H,7-10,12-15,17H2,1H3,(H2,28,29);3-6,13,15,20H,7-10H2,1-2H3. The molecule has 2 atom stereocenters. The molecule has 3 saturated heterocycles. The molecule has 1 aromatic heterocycles. The maximum absolute atomic E-state index is 13.2. The number of pyridine rings is 1. The third-order valence-electron chi connectivity index (χ3n) is 11.0. The van der Waals surface area contributed by atoms with Crippen LogP contribution in [0.15, 0.2) is 66.9 Å². The van der Waals surface area contributed by atoms with E-state index < -0.39 is 7.05 Å². The van der Waals surface area contributed by atoms with Crippen molar-refractivity contribution in [1.82, 2.24) is 19.6 Å². The largest absolute Gasteiger partial charge is 0.457 e. The number of nitrogen functional groups attached to an aromatic ring is 1. The van der Waals surface area contributed by atoms with Crippen LogP contribution in [0.5, 0.6) is 0 Å². The van der Waals surface area contributed by atoms with Crippen molar-refractivity contribution in [3.05, 3.63) is 93.6 Å². The number of amides is 1. The van der Waals surface area contributed by atoms with Crippen LogP contribution in [0.2, 0.25) is 16.9 Å². The smallest absolute Gasteiger partial charge is 0.376 e. The normalized spacial score (nSPS) is 18.8. The first kappa shape index (κ1) is 42.5. The molecule has 3 fully saturated rings. The molecule has 3 aliphatic rings. The number of esters is 2. The summed E-state index contributed by atoms with van der Waals surface area (Å²) in [5, 5.41) is 10.9. The summed E-state index contributed by atoms with van der Waals surface area (Å²) in [6.07, 6.45) is 6.36. The van der Waals surface area contributed by atoms with Gasteiger partial charge >= 0.3 is 19.0 Å². The SMILES string of the molecule is CB(O)N1CCC(C(OC(C)=O)c2ccc(Cl)cc2)CC1.CC(=O)OC(c1ccc(Cl)cc1)C1CCN(C(=O)C2CCN(Cc3ccnc(N)c3)CC2)CC1. The van der Waals surface area contributed by atoms with E-state index >= 15 is 0 Å². The number of nitrogens with two attached hydrogens (primary N) is 1. The first-order valence-corrected chi connectivity index (χ1v) is 20.1. The van der Waals surface area contributed by atoms with Gasteiger partial charge in [-0.05, 0) is 125 Å². The lowest BCUT2D eigenvalue weighted by Crippen LogP contribution is -2.46. The van der Waals surface area contributed by atoms with Gasteiger partial charge in [0.05, 0.1) is 0 Å². The van der Waals surface area contributed by atoms with E-state index in [1.54, 1.807) is 13.0 Å². The average Bonchev–Trinajstić information content (AvgIpc) is 3.17. The zero-order valence-corrected chi connectivity index (χ0v) is 33.6. The molecule has 0 aliphatic carbocycles. The molecule has 0 spiro atoms. The Morgan fingerprint density at radius 3 is 1.69 bits per heavy atom. The van der Waals surface area contributed by atoms with Crippen LogP contribution in [0.3, 0.4) is 0 Å². The first-order chi connectivity index (χ1) is 26.4. The second-order valence-electron chi connectivity index (χ2n) is 15.0. The predicted molar refractivity (Wildman–Crippen MR) is 216 cm³/mol. The Morgan fingerprint density at radius 2 is 1.25 bits per heavy atom. The van der Waals surface area contributed by atoms with Gasteiger partial charge in [-0.2, -0.15) is 0 Å². The van der Waals surface area contributed by atoms with E-state index in [9.17, 15) is 19.4 Å². The Labute approximate surface area is 335 Å². The van der Waals surface area contributed by atoms with E-state index in [1.165, 1.54) is 13.8 Å². The summed E-state index contributed by atoms with van der Waals surface area (Å²) in [7, 11) is -0.423. The molecule has 55 heavy (non-hydrogen) atoms. The lowest BCUT2D eigenvalue weighted by molar-refractivity contribution is -0.152. The van der Waals surface area contributed by atoms with Gasteiger partial charge in [0, 0.05) is 67.5 Å². The maximum atomic E-state index is 13.2. The van der Waals surface area contributed by atoms with E-state index in [1.807, 2.05) is 70.4 Å². The topological polar surface area (TPSA) is 139 Å². The fraction of sp³-hybridized carbons (Fsp3) is 0.512. The van der Waals surface area contributed by atoms with Crippen LogP contribution < -0.4 is 5.73 Å². The van der Waals surface area contributed by atoms with Crippen molar-refractivity contribution in [2.45, 2.75) is 77.9 Å². The number of nitrogens with zero attached hydrogens (tertiary/aromatic N) is 4. The third kappa shape index (κ3) is 12.7. The molecular formula is C41H54BCl2N5O6. The number of hydrogen-bond donors (Lipinski definition) is 2. The molecule has 1 amide bonds. The molecule has 4 heterocycles. The molecule has 3 aromatic rings. The highest BCUT2D eigenvalue weighted by Crippen LogP contribution is 2.36. The molecule has 3 N–H and O–H groups in total. The monoisotopic (exact) mass is 793 g/mol. The number of carbonyl (C=O) groups excluding carboxylic acids is 3. The first-order valence-electron chi connectivity index (χ1n) is 19.3. The number of piperidine rings is 3. The minimum Gasteiger partial charge on any atom is -0.457 e. The number of rotatable bonds is 10. The number of anilines is 1. The summed E-state index contributed by atoms with van der Waals surface area (Å²) < 4.78 is 11.2. The van der Waals surface area contributed by atoms with Crippen molar-refractivity contribution in [2.24, 2.45) is 17.8 Å². The molecule has 0 saturated carbocycles. The molecule has 3 aliphatic heterocycles. The van der Waals surface area contributed by atoms with Gasteiger partial charge < -0.3 is 29.9 Å². The van der Waals surface area contributed by atoms with Crippen molar-refractivity contribution >= 4 is 53.9 Å². The number of ether oxygens (including phenoxy) is 2. The molecule has 2 aromatic carbocycles. The van der Waals surface area contributed by atoms with Crippen LogP contribution in [0.4, 0.5) is 5.82 Å². The van der Waals surface area contributed by atoms with E-state index in [0.29, 0.717) is 29.0 Å². The number of halogens is 2. The number of benzene rings is 2. The van der Waals surface area contributed by atoms with Crippen LogP contribution in [0, 0.1) is 17.8 Å². The highest BCUT2D eigenvalue weighted by molar-refractivity contribution is 6.45. The number of likely N-dealkylation sites (tertiary alicyclic amines) is 2. The lowest BCUT2D eigenvalue weighted by Gasteiger charge is -2.39. The molecular weight excluding hydrogens is 740 g/mol. The van der Waals surface area contributed by atoms with Crippen LogP contribution >= 0.6 is 23.2 Å². The fourth-order valence-corrected chi connectivity index (χ4v) is 8.25. The van der Waals surface area contributed by atoms with Gasteiger partial charge in [0.1, 0.15) is 18.0 Å². The molecule has 0 bridgehead atoms. The summed E-state index contributed by atoms with van der Waals surface area (Å²) in [4.78, 5) is 46.8. The highest BCUT2D eigenvalue weighted by atomic mass is 35.5. The van der Waals surface area contributed by atoms with Gasteiger partial charge in [-0.25, -0.2) is 4.98 Å². The van der Waals surface area contributed by atoms with Crippen LogP contribution in [0.1, 0.15) is 81.3 Å². The van der Waals surface area contributed by atoms with E-state index in [0.717, 1.165) is 87.9 Å². The predicted octanol–water partition coefficient (Wildman–Crippen LogP) is 6.84. The highest BCUT2D eigenvalue weighted by Gasteiger charge is 2.35. The second-order valence-corrected chi connectivity index (χ2v) is 15.8. The fourth-order valence-electron chi connectivity index (χ4n) is 8.00. The van der Waals surface area contributed by atoms with E-state index in [-0.39, 0.29) is 47.8 Å². The van der Waals surface area contributed by atoms with Gasteiger partial charge in [0.25, 0.3) is 0 Å². The summed E-state index contributed by atoms with van der Waals surface area (Å²) in [5.74, 6) is 0.775. The molecule has 11 nitrogen and oxygen atoms in total. The van der Waals surface area contributed by atoms with Gasteiger partial charge in [-0.3, -0.25) is 19.3 Å². The van der Waals surface area contributed by atoms with Gasteiger partial charge in [-0.15, -0.1) is 0 Å². The quantitative estimate of drug-likeness (QED) is 0.166. The maximum Gasteiger partial charge on any atom is 0.376 e. The van der Waals surface area contributed by atoms with Crippen molar-refractivity contribution in [3.8, 4) is 0 Å². The van der Waals surface area contributed by atoms with E-state index in [4.69, 9.17) is 38.4 Å². The summed E-state index contributed by atoms with van der Waals surface area (Å²) in [6.45, 7) is 10.3. The van der Waals surface area contributed by atoms with Gasteiger partial charge in [0.2, 0.25) is 5.91 Å². The van der Waals surface area contributed by atoms with Gasteiger partial charge in [-0.1, -0.05) is 47.5 Å². The zero-order chi connectivity index (χ0) is 39.5. The Bertz CT molecular complexity index is 1690. The second kappa shape index (κ2) is 20.5. The lowest BCUT2D eigenvalue weighted by atomic mass is 9.79. The van der Waals surface area contributed by atoms with E-state index in [2.05, 4.69) is 9.88 Å². The third-order valence-corrected chi connectivity index (χ3v) is 11.5. The van der Waals surface area contributed by atoms with Crippen molar-refractivity contribution in [3.63, 3.8) is 0 Å².